The Kier molecular flexibility index (Phi) is 6.08. The van der Waals surface area contributed by atoms with E-state index in [1.165, 1.54) is 0 Å². The highest BCUT2D eigenvalue weighted by molar-refractivity contribution is 7.90. The van der Waals surface area contributed by atoms with Gasteiger partial charge in [0.05, 0.1) is 4.75 Å². The summed E-state index contributed by atoms with van der Waals surface area (Å²) in [6, 6.07) is 0. The topological polar surface area (TPSA) is 49.4 Å². The maximum absolute atomic E-state index is 12.8. The van der Waals surface area contributed by atoms with E-state index in [-0.39, 0.29) is 0 Å². The average molecular weight is 276 g/mol. The molecule has 108 valence electrons. The molecule has 1 aliphatic rings. The Morgan fingerprint density at radius 3 is 2.22 bits per heavy atom. The van der Waals surface area contributed by atoms with Crippen LogP contribution in [-0.4, -0.2) is 43.6 Å². The maximum atomic E-state index is 12.8. The number of hydrogen-bond donors (Lipinski definition) is 1. The van der Waals surface area contributed by atoms with Crippen LogP contribution in [0.1, 0.15) is 52.9 Å². The lowest BCUT2D eigenvalue weighted by Gasteiger charge is -2.37. The van der Waals surface area contributed by atoms with Crippen LogP contribution in [0.3, 0.4) is 0 Å². The first-order valence-corrected chi connectivity index (χ1v) is 8.62. The molecule has 0 aromatic heterocycles. The highest BCUT2D eigenvalue weighted by atomic mass is 32.2. The first-order valence-electron chi connectivity index (χ1n) is 7.18. The highest BCUT2D eigenvalue weighted by Crippen LogP contribution is 2.32. The normalized spacial score (nSPS) is 21.7. The molecule has 1 N–H and O–H groups in total. The summed E-state index contributed by atoms with van der Waals surface area (Å²) >= 11 is 0. The Morgan fingerprint density at radius 1 is 1.11 bits per heavy atom. The van der Waals surface area contributed by atoms with Gasteiger partial charge < -0.3 is 5.32 Å². The van der Waals surface area contributed by atoms with Gasteiger partial charge in [-0.25, -0.2) is 8.42 Å². The molecule has 0 radical (unpaired) electrons. The molecule has 0 aliphatic carbocycles. The molecule has 1 rings (SSSR count). The SMILES string of the molecule is CCCCC(C)(CCC)S(=O)(=O)N1CCNCC1. The molecule has 1 fully saturated rings. The van der Waals surface area contributed by atoms with Gasteiger partial charge in [0, 0.05) is 26.2 Å². The first kappa shape index (κ1) is 15.9. The summed E-state index contributed by atoms with van der Waals surface area (Å²) in [7, 11) is -3.16. The number of sulfonamides is 1. The molecule has 5 heteroatoms. The van der Waals surface area contributed by atoms with Gasteiger partial charge in [0.2, 0.25) is 10.0 Å². The van der Waals surface area contributed by atoms with E-state index in [2.05, 4.69) is 19.2 Å². The third-order valence-electron chi connectivity index (χ3n) is 3.88. The van der Waals surface area contributed by atoms with Crippen molar-refractivity contribution in [1.29, 1.82) is 0 Å². The summed E-state index contributed by atoms with van der Waals surface area (Å²) in [6.45, 7) is 8.90. The van der Waals surface area contributed by atoms with E-state index in [0.29, 0.717) is 13.1 Å². The molecule has 4 nitrogen and oxygen atoms in total. The molecule has 1 atom stereocenters. The minimum atomic E-state index is -3.16. The zero-order chi connectivity index (χ0) is 13.6. The molecule has 0 bridgehead atoms. The van der Waals surface area contributed by atoms with Crippen molar-refractivity contribution in [3.63, 3.8) is 0 Å². The lowest BCUT2D eigenvalue weighted by Crippen LogP contribution is -2.53. The van der Waals surface area contributed by atoms with Crippen LogP contribution in [-0.2, 0) is 10.0 Å². The van der Waals surface area contributed by atoms with Crippen LogP contribution in [0.2, 0.25) is 0 Å². The monoisotopic (exact) mass is 276 g/mol. The third-order valence-corrected chi connectivity index (χ3v) is 6.58. The first-order chi connectivity index (χ1) is 8.48. The lowest BCUT2D eigenvalue weighted by atomic mass is 9.98. The van der Waals surface area contributed by atoms with Crippen LogP contribution < -0.4 is 5.32 Å². The number of piperazine rings is 1. The molecular formula is C13H28N2O2S. The Labute approximate surface area is 112 Å². The quantitative estimate of drug-likeness (QED) is 0.773. The van der Waals surface area contributed by atoms with E-state index in [0.717, 1.165) is 45.2 Å². The van der Waals surface area contributed by atoms with Gasteiger partial charge in [0.15, 0.2) is 0 Å². The molecule has 18 heavy (non-hydrogen) atoms. The van der Waals surface area contributed by atoms with Gasteiger partial charge >= 0.3 is 0 Å². The average Bonchev–Trinajstić information content (AvgIpc) is 2.37. The Balaban J connectivity index is 2.87. The minimum absolute atomic E-state index is 0.574. The summed E-state index contributed by atoms with van der Waals surface area (Å²) in [6.07, 6.45) is 4.51. The smallest absolute Gasteiger partial charge is 0.219 e. The fourth-order valence-corrected chi connectivity index (χ4v) is 4.81. The fraction of sp³-hybridized carbons (Fsp3) is 1.00. The lowest BCUT2D eigenvalue weighted by molar-refractivity contribution is 0.335. The van der Waals surface area contributed by atoms with Crippen molar-refractivity contribution < 1.29 is 8.42 Å². The summed E-state index contributed by atoms with van der Waals surface area (Å²) in [5.74, 6) is 0. The van der Waals surface area contributed by atoms with E-state index in [1.807, 2.05) is 6.92 Å². The van der Waals surface area contributed by atoms with Crippen LogP contribution in [0.4, 0.5) is 0 Å². The van der Waals surface area contributed by atoms with Gasteiger partial charge in [-0.3, -0.25) is 0 Å². The van der Waals surface area contributed by atoms with Crippen molar-refractivity contribution in [2.75, 3.05) is 26.2 Å². The molecular weight excluding hydrogens is 248 g/mol. The number of rotatable bonds is 7. The van der Waals surface area contributed by atoms with Gasteiger partial charge in [0.25, 0.3) is 0 Å². The molecule has 1 unspecified atom stereocenters. The van der Waals surface area contributed by atoms with E-state index in [9.17, 15) is 8.42 Å². The maximum Gasteiger partial charge on any atom is 0.219 e. The molecule has 0 aromatic rings. The predicted octanol–water partition coefficient (Wildman–Crippen LogP) is 1.97. The number of unbranched alkanes of at least 4 members (excludes halogenated alkanes) is 1. The van der Waals surface area contributed by atoms with Crippen molar-refractivity contribution in [3.05, 3.63) is 0 Å². The summed E-state index contributed by atoms with van der Waals surface area (Å²) in [4.78, 5) is 0. The molecule has 1 saturated heterocycles. The fourth-order valence-electron chi connectivity index (χ4n) is 2.66. The molecule has 0 amide bonds. The van der Waals surface area contributed by atoms with Gasteiger partial charge in [-0.2, -0.15) is 4.31 Å². The highest BCUT2D eigenvalue weighted by Gasteiger charge is 2.42. The predicted molar refractivity (Wildman–Crippen MR) is 76.2 cm³/mol. The Bertz CT molecular complexity index is 337. The van der Waals surface area contributed by atoms with Crippen LogP contribution in [0.15, 0.2) is 0 Å². The van der Waals surface area contributed by atoms with Crippen molar-refractivity contribution in [1.82, 2.24) is 9.62 Å². The zero-order valence-electron chi connectivity index (χ0n) is 12.0. The molecule has 1 heterocycles. The second-order valence-electron chi connectivity index (χ2n) is 5.46. The van der Waals surface area contributed by atoms with E-state index in [1.54, 1.807) is 4.31 Å². The van der Waals surface area contributed by atoms with Gasteiger partial charge in [-0.15, -0.1) is 0 Å². The van der Waals surface area contributed by atoms with Crippen molar-refractivity contribution in [3.8, 4) is 0 Å². The van der Waals surface area contributed by atoms with Crippen LogP contribution >= 0.6 is 0 Å². The molecule has 0 aromatic carbocycles. The third kappa shape index (κ3) is 3.45. The van der Waals surface area contributed by atoms with Crippen molar-refractivity contribution in [2.24, 2.45) is 0 Å². The van der Waals surface area contributed by atoms with E-state index < -0.39 is 14.8 Å². The van der Waals surface area contributed by atoms with Gasteiger partial charge in [-0.1, -0.05) is 33.1 Å². The van der Waals surface area contributed by atoms with Crippen LogP contribution in [0, 0.1) is 0 Å². The van der Waals surface area contributed by atoms with E-state index in [4.69, 9.17) is 0 Å². The Morgan fingerprint density at radius 2 is 1.72 bits per heavy atom. The van der Waals surface area contributed by atoms with Crippen molar-refractivity contribution in [2.45, 2.75) is 57.6 Å². The Hall–Kier alpha value is -0.130. The summed E-state index contributed by atoms with van der Waals surface area (Å²) < 4.78 is 26.7. The molecule has 0 spiro atoms. The second kappa shape index (κ2) is 6.87. The van der Waals surface area contributed by atoms with Crippen LogP contribution in [0.5, 0.6) is 0 Å². The number of hydrogen-bond acceptors (Lipinski definition) is 3. The number of nitrogens with zero attached hydrogens (tertiary/aromatic N) is 1. The number of nitrogens with one attached hydrogen (secondary N) is 1. The summed E-state index contributed by atoms with van der Waals surface area (Å²) in [5.41, 5.74) is 0. The van der Waals surface area contributed by atoms with Gasteiger partial charge in [-0.05, 0) is 19.8 Å². The van der Waals surface area contributed by atoms with Gasteiger partial charge in [0.1, 0.15) is 0 Å². The minimum Gasteiger partial charge on any atom is -0.314 e. The van der Waals surface area contributed by atoms with Crippen LogP contribution in [0.25, 0.3) is 0 Å². The summed E-state index contributed by atoms with van der Waals surface area (Å²) in [5, 5.41) is 3.21. The zero-order valence-corrected chi connectivity index (χ0v) is 12.9. The largest absolute Gasteiger partial charge is 0.314 e. The standard InChI is InChI=1S/C13H28N2O2S/c1-4-6-8-13(3,7-5-2)18(16,17)15-11-9-14-10-12-15/h14H,4-12H2,1-3H3. The van der Waals surface area contributed by atoms with E-state index >= 15 is 0 Å². The molecule has 0 saturated carbocycles. The van der Waals surface area contributed by atoms with Crippen molar-refractivity contribution >= 4 is 10.0 Å². The second-order valence-corrected chi connectivity index (χ2v) is 7.91. The molecule has 1 aliphatic heterocycles.